The van der Waals surface area contributed by atoms with Gasteiger partial charge in [0.1, 0.15) is 0 Å². The van der Waals surface area contributed by atoms with E-state index in [1.54, 1.807) is 7.05 Å². The van der Waals surface area contributed by atoms with Crippen LogP contribution in [0.5, 0.6) is 0 Å². The monoisotopic (exact) mass is 255 g/mol. The van der Waals surface area contributed by atoms with Crippen LogP contribution in [0.1, 0.15) is 32.6 Å². The molecular formula is C13H25N3O2. The number of hydrogen-bond acceptors (Lipinski definition) is 3. The summed E-state index contributed by atoms with van der Waals surface area (Å²) in [5.41, 5.74) is 5.51. The van der Waals surface area contributed by atoms with E-state index in [-0.39, 0.29) is 18.4 Å². The van der Waals surface area contributed by atoms with E-state index in [2.05, 4.69) is 0 Å². The van der Waals surface area contributed by atoms with E-state index in [0.717, 1.165) is 32.4 Å². The van der Waals surface area contributed by atoms with Gasteiger partial charge in [0.05, 0.1) is 6.54 Å². The first-order valence-corrected chi connectivity index (χ1v) is 6.76. The van der Waals surface area contributed by atoms with E-state index < -0.39 is 0 Å². The van der Waals surface area contributed by atoms with Crippen LogP contribution in [0.4, 0.5) is 0 Å². The molecule has 1 atom stereocenters. The fourth-order valence-corrected chi connectivity index (χ4v) is 2.04. The summed E-state index contributed by atoms with van der Waals surface area (Å²) < 4.78 is 0. The van der Waals surface area contributed by atoms with Crippen molar-refractivity contribution in [1.29, 1.82) is 0 Å². The van der Waals surface area contributed by atoms with Crippen LogP contribution < -0.4 is 5.73 Å². The summed E-state index contributed by atoms with van der Waals surface area (Å²) in [7, 11) is 1.70. The Morgan fingerprint density at radius 2 is 1.94 bits per heavy atom. The molecule has 1 rings (SSSR count). The number of amides is 2. The molecule has 0 aromatic heterocycles. The highest BCUT2D eigenvalue weighted by atomic mass is 16.2. The Kier molecular flexibility index (Phi) is 6.12. The number of carbonyl (C=O) groups is 2. The Balaban J connectivity index is 2.28. The second-order valence-corrected chi connectivity index (χ2v) is 5.22. The number of hydrogen-bond donors (Lipinski definition) is 1. The van der Waals surface area contributed by atoms with Crippen molar-refractivity contribution in [3.05, 3.63) is 0 Å². The number of likely N-dealkylation sites (N-methyl/N-ethyl adjacent to an activating group) is 1. The molecule has 2 amide bonds. The molecule has 5 heteroatoms. The third kappa shape index (κ3) is 4.64. The Morgan fingerprint density at radius 3 is 2.50 bits per heavy atom. The normalized spacial score (nSPS) is 16.7. The molecule has 1 aliphatic rings. The smallest absolute Gasteiger partial charge is 0.242 e. The van der Waals surface area contributed by atoms with Gasteiger partial charge in [-0.1, -0.05) is 6.92 Å². The summed E-state index contributed by atoms with van der Waals surface area (Å²) in [6.07, 6.45) is 3.43. The molecule has 0 aliphatic carbocycles. The Hall–Kier alpha value is -1.10. The number of likely N-dealkylation sites (tertiary alicyclic amines) is 1. The maximum atomic E-state index is 11.9. The number of rotatable bonds is 6. The molecule has 0 aromatic rings. The zero-order valence-corrected chi connectivity index (χ0v) is 11.5. The molecule has 0 spiro atoms. The van der Waals surface area contributed by atoms with E-state index in [0.29, 0.717) is 18.9 Å². The fraction of sp³-hybridized carbons (Fsp3) is 0.846. The first-order valence-electron chi connectivity index (χ1n) is 6.76. The molecule has 0 saturated carbocycles. The van der Waals surface area contributed by atoms with Crippen molar-refractivity contribution in [3.8, 4) is 0 Å². The van der Waals surface area contributed by atoms with E-state index in [9.17, 15) is 9.59 Å². The number of nitrogens with two attached hydrogens (primary N) is 1. The van der Waals surface area contributed by atoms with Gasteiger partial charge in [0.2, 0.25) is 11.8 Å². The van der Waals surface area contributed by atoms with Crippen LogP contribution in [-0.4, -0.2) is 54.8 Å². The standard InChI is InChI=1S/C13H25N3O2/c1-11(9-14)5-6-12(17)15(2)10-13(18)16-7-3-4-8-16/h11H,3-10,14H2,1-2H3. The Bertz CT molecular complexity index is 288. The maximum absolute atomic E-state index is 11.9. The van der Waals surface area contributed by atoms with Gasteiger partial charge in [0.25, 0.3) is 0 Å². The van der Waals surface area contributed by atoms with Gasteiger partial charge < -0.3 is 15.5 Å². The van der Waals surface area contributed by atoms with E-state index in [4.69, 9.17) is 5.73 Å². The molecule has 1 heterocycles. The lowest BCUT2D eigenvalue weighted by Gasteiger charge is -2.21. The van der Waals surface area contributed by atoms with Crippen LogP contribution in [0.3, 0.4) is 0 Å². The van der Waals surface area contributed by atoms with Crippen LogP contribution in [0.25, 0.3) is 0 Å². The lowest BCUT2D eigenvalue weighted by Crippen LogP contribution is -2.39. The third-order valence-corrected chi connectivity index (χ3v) is 3.51. The lowest BCUT2D eigenvalue weighted by atomic mass is 10.1. The largest absolute Gasteiger partial charge is 0.341 e. The molecule has 18 heavy (non-hydrogen) atoms. The van der Waals surface area contributed by atoms with Gasteiger partial charge in [-0.15, -0.1) is 0 Å². The first kappa shape index (κ1) is 15.0. The van der Waals surface area contributed by atoms with Crippen molar-refractivity contribution < 1.29 is 9.59 Å². The van der Waals surface area contributed by atoms with Gasteiger partial charge in [-0.2, -0.15) is 0 Å². The number of nitrogens with zero attached hydrogens (tertiary/aromatic N) is 2. The van der Waals surface area contributed by atoms with Gasteiger partial charge in [-0.3, -0.25) is 9.59 Å². The van der Waals surface area contributed by atoms with Crippen molar-refractivity contribution in [2.24, 2.45) is 11.7 Å². The quantitative estimate of drug-likeness (QED) is 0.749. The molecular weight excluding hydrogens is 230 g/mol. The highest BCUT2D eigenvalue weighted by Gasteiger charge is 2.21. The van der Waals surface area contributed by atoms with Crippen LogP contribution in [-0.2, 0) is 9.59 Å². The Morgan fingerprint density at radius 1 is 1.33 bits per heavy atom. The highest BCUT2D eigenvalue weighted by molar-refractivity contribution is 5.84. The van der Waals surface area contributed by atoms with E-state index in [1.807, 2.05) is 11.8 Å². The van der Waals surface area contributed by atoms with Crippen molar-refractivity contribution in [3.63, 3.8) is 0 Å². The SMILES string of the molecule is CC(CN)CCC(=O)N(C)CC(=O)N1CCCC1. The molecule has 2 N–H and O–H groups in total. The van der Waals surface area contributed by atoms with Crippen LogP contribution in [0.2, 0.25) is 0 Å². The summed E-state index contributed by atoms with van der Waals surface area (Å²) in [5.74, 6) is 0.453. The highest BCUT2D eigenvalue weighted by Crippen LogP contribution is 2.09. The average molecular weight is 255 g/mol. The van der Waals surface area contributed by atoms with Crippen LogP contribution >= 0.6 is 0 Å². The summed E-state index contributed by atoms with van der Waals surface area (Å²) in [4.78, 5) is 27.1. The molecule has 0 aromatic carbocycles. The second-order valence-electron chi connectivity index (χ2n) is 5.22. The van der Waals surface area contributed by atoms with E-state index >= 15 is 0 Å². The van der Waals surface area contributed by atoms with Crippen LogP contribution in [0.15, 0.2) is 0 Å². The predicted molar refractivity (Wildman–Crippen MR) is 70.9 cm³/mol. The number of carbonyl (C=O) groups excluding carboxylic acids is 2. The average Bonchev–Trinajstić information content (AvgIpc) is 2.89. The molecule has 1 fully saturated rings. The molecule has 1 saturated heterocycles. The van der Waals surface area contributed by atoms with Crippen molar-refractivity contribution in [1.82, 2.24) is 9.80 Å². The van der Waals surface area contributed by atoms with Crippen molar-refractivity contribution >= 4 is 11.8 Å². The Labute approximate surface area is 109 Å². The molecule has 0 bridgehead atoms. The lowest BCUT2D eigenvalue weighted by molar-refractivity contribution is -0.138. The molecule has 104 valence electrons. The van der Waals surface area contributed by atoms with Gasteiger partial charge in [-0.05, 0) is 31.7 Å². The van der Waals surface area contributed by atoms with Crippen LogP contribution in [0, 0.1) is 5.92 Å². The van der Waals surface area contributed by atoms with Crippen molar-refractivity contribution in [2.75, 3.05) is 33.2 Å². The molecule has 5 nitrogen and oxygen atoms in total. The molecule has 1 unspecified atom stereocenters. The summed E-state index contributed by atoms with van der Waals surface area (Å²) in [6, 6.07) is 0. The predicted octanol–water partition coefficient (Wildman–Crippen LogP) is 0.442. The molecule has 1 aliphatic heterocycles. The zero-order valence-electron chi connectivity index (χ0n) is 11.5. The first-order chi connectivity index (χ1) is 8.54. The van der Waals surface area contributed by atoms with Gasteiger partial charge >= 0.3 is 0 Å². The van der Waals surface area contributed by atoms with Gasteiger partial charge in [-0.25, -0.2) is 0 Å². The summed E-state index contributed by atoms with van der Waals surface area (Å²) >= 11 is 0. The second kappa shape index (κ2) is 7.36. The van der Waals surface area contributed by atoms with Crippen molar-refractivity contribution in [2.45, 2.75) is 32.6 Å². The summed E-state index contributed by atoms with van der Waals surface area (Å²) in [5, 5.41) is 0. The van der Waals surface area contributed by atoms with Gasteiger partial charge in [0, 0.05) is 26.6 Å². The minimum atomic E-state index is 0.0304. The summed E-state index contributed by atoms with van der Waals surface area (Å²) in [6.45, 7) is 4.51. The minimum Gasteiger partial charge on any atom is -0.341 e. The topological polar surface area (TPSA) is 66.6 Å². The van der Waals surface area contributed by atoms with E-state index in [1.165, 1.54) is 4.90 Å². The van der Waals surface area contributed by atoms with Gasteiger partial charge in [0.15, 0.2) is 0 Å². The molecule has 0 radical (unpaired) electrons. The third-order valence-electron chi connectivity index (χ3n) is 3.51. The zero-order chi connectivity index (χ0) is 13.5. The minimum absolute atomic E-state index is 0.0304. The maximum Gasteiger partial charge on any atom is 0.242 e. The fourth-order valence-electron chi connectivity index (χ4n) is 2.04.